The molecule has 0 saturated heterocycles. The van der Waals surface area contributed by atoms with Crippen molar-refractivity contribution in [3.05, 3.63) is 30.1 Å². The summed E-state index contributed by atoms with van der Waals surface area (Å²) in [6.45, 7) is 0.828. The zero-order valence-electron chi connectivity index (χ0n) is 8.82. The van der Waals surface area contributed by atoms with Gasteiger partial charge >= 0.3 is 0 Å². The molecule has 3 heteroatoms. The third kappa shape index (κ3) is 3.18. The SMILES string of the molecule is ClC1CCCCC1NCc1ccccn1. The molecule has 1 N–H and O–H groups in total. The minimum Gasteiger partial charge on any atom is -0.307 e. The molecule has 2 atom stereocenters. The summed E-state index contributed by atoms with van der Waals surface area (Å²) in [5.74, 6) is 0. The number of hydrogen-bond acceptors (Lipinski definition) is 2. The molecule has 0 aliphatic heterocycles. The number of hydrogen-bond donors (Lipinski definition) is 1. The molecule has 1 aromatic heterocycles. The van der Waals surface area contributed by atoms with Gasteiger partial charge in [0.15, 0.2) is 0 Å². The summed E-state index contributed by atoms with van der Waals surface area (Å²) < 4.78 is 0. The molecule has 1 aliphatic carbocycles. The molecule has 0 aromatic carbocycles. The van der Waals surface area contributed by atoms with Crippen LogP contribution in [-0.2, 0) is 6.54 Å². The van der Waals surface area contributed by atoms with Crippen LogP contribution < -0.4 is 5.32 Å². The smallest absolute Gasteiger partial charge is 0.0541 e. The molecule has 0 bridgehead atoms. The Kier molecular flexibility index (Phi) is 3.98. The molecular weight excluding hydrogens is 208 g/mol. The van der Waals surface area contributed by atoms with Gasteiger partial charge in [0, 0.05) is 24.2 Å². The van der Waals surface area contributed by atoms with E-state index in [9.17, 15) is 0 Å². The summed E-state index contributed by atoms with van der Waals surface area (Å²) in [7, 11) is 0. The molecule has 1 aliphatic rings. The van der Waals surface area contributed by atoms with E-state index in [1.54, 1.807) is 0 Å². The van der Waals surface area contributed by atoms with Gasteiger partial charge in [-0.05, 0) is 25.0 Å². The first-order valence-corrected chi connectivity index (χ1v) is 6.07. The maximum Gasteiger partial charge on any atom is 0.0541 e. The van der Waals surface area contributed by atoms with Crippen LogP contribution in [-0.4, -0.2) is 16.4 Å². The lowest BCUT2D eigenvalue weighted by Gasteiger charge is -2.27. The minimum absolute atomic E-state index is 0.294. The Balaban J connectivity index is 1.82. The highest BCUT2D eigenvalue weighted by molar-refractivity contribution is 6.21. The number of halogens is 1. The van der Waals surface area contributed by atoms with Crippen LogP contribution in [0.1, 0.15) is 31.4 Å². The maximum absolute atomic E-state index is 6.27. The third-order valence-electron chi connectivity index (χ3n) is 2.95. The van der Waals surface area contributed by atoms with E-state index in [0.717, 1.165) is 18.7 Å². The summed E-state index contributed by atoms with van der Waals surface area (Å²) in [5, 5.41) is 3.79. The Labute approximate surface area is 96.1 Å². The van der Waals surface area contributed by atoms with Crippen molar-refractivity contribution < 1.29 is 0 Å². The van der Waals surface area contributed by atoms with Crippen LogP contribution in [0, 0.1) is 0 Å². The zero-order chi connectivity index (χ0) is 10.5. The van der Waals surface area contributed by atoms with Crippen LogP contribution in [0.5, 0.6) is 0 Å². The predicted molar refractivity (Wildman–Crippen MR) is 63.0 cm³/mol. The van der Waals surface area contributed by atoms with Crippen molar-refractivity contribution in [2.24, 2.45) is 0 Å². The van der Waals surface area contributed by atoms with Crippen molar-refractivity contribution in [2.45, 2.75) is 43.6 Å². The molecule has 2 unspecified atom stereocenters. The van der Waals surface area contributed by atoms with Crippen LogP contribution in [0.15, 0.2) is 24.4 Å². The lowest BCUT2D eigenvalue weighted by molar-refractivity contribution is 0.377. The van der Waals surface area contributed by atoms with Gasteiger partial charge in [-0.15, -0.1) is 11.6 Å². The van der Waals surface area contributed by atoms with E-state index in [-0.39, 0.29) is 0 Å². The highest BCUT2D eigenvalue weighted by Crippen LogP contribution is 2.23. The number of rotatable bonds is 3. The fourth-order valence-electron chi connectivity index (χ4n) is 2.05. The second-order valence-corrected chi connectivity index (χ2v) is 4.67. The van der Waals surface area contributed by atoms with Gasteiger partial charge in [-0.1, -0.05) is 18.9 Å². The van der Waals surface area contributed by atoms with E-state index in [1.807, 2.05) is 24.4 Å². The average Bonchev–Trinajstić information content (AvgIpc) is 2.29. The van der Waals surface area contributed by atoms with Crippen molar-refractivity contribution in [2.75, 3.05) is 0 Å². The quantitative estimate of drug-likeness (QED) is 0.799. The Bertz CT molecular complexity index is 289. The maximum atomic E-state index is 6.27. The van der Waals surface area contributed by atoms with Crippen LogP contribution in [0.4, 0.5) is 0 Å². The molecule has 1 fully saturated rings. The van der Waals surface area contributed by atoms with Crippen LogP contribution in [0.3, 0.4) is 0 Å². The predicted octanol–water partition coefficient (Wildman–Crippen LogP) is 2.72. The molecule has 82 valence electrons. The van der Waals surface area contributed by atoms with Gasteiger partial charge < -0.3 is 5.32 Å². The van der Waals surface area contributed by atoms with Crippen LogP contribution in [0.25, 0.3) is 0 Å². The highest BCUT2D eigenvalue weighted by Gasteiger charge is 2.22. The molecular formula is C12H17ClN2. The number of nitrogens with one attached hydrogen (secondary N) is 1. The van der Waals surface area contributed by atoms with Crippen molar-refractivity contribution >= 4 is 11.6 Å². The van der Waals surface area contributed by atoms with E-state index in [0.29, 0.717) is 11.4 Å². The van der Waals surface area contributed by atoms with Gasteiger partial charge in [0.2, 0.25) is 0 Å². The zero-order valence-corrected chi connectivity index (χ0v) is 9.58. The summed E-state index contributed by atoms with van der Waals surface area (Å²) in [4.78, 5) is 4.28. The van der Waals surface area contributed by atoms with Crippen molar-refractivity contribution in [1.82, 2.24) is 10.3 Å². The second-order valence-electron chi connectivity index (χ2n) is 4.11. The topological polar surface area (TPSA) is 24.9 Å². The highest BCUT2D eigenvalue weighted by atomic mass is 35.5. The van der Waals surface area contributed by atoms with Crippen LogP contribution in [0.2, 0.25) is 0 Å². The van der Waals surface area contributed by atoms with Crippen molar-refractivity contribution in [3.63, 3.8) is 0 Å². The van der Waals surface area contributed by atoms with E-state index in [4.69, 9.17) is 11.6 Å². The molecule has 15 heavy (non-hydrogen) atoms. The first-order valence-electron chi connectivity index (χ1n) is 5.63. The van der Waals surface area contributed by atoms with Gasteiger partial charge in [-0.3, -0.25) is 4.98 Å². The Morgan fingerprint density at radius 1 is 1.33 bits per heavy atom. The molecule has 2 rings (SSSR count). The lowest BCUT2D eigenvalue weighted by atomic mass is 9.95. The fourth-order valence-corrected chi connectivity index (χ4v) is 2.42. The van der Waals surface area contributed by atoms with E-state index in [1.165, 1.54) is 19.3 Å². The second kappa shape index (κ2) is 5.47. The molecule has 0 amide bonds. The first kappa shape index (κ1) is 10.9. The van der Waals surface area contributed by atoms with Gasteiger partial charge in [0.25, 0.3) is 0 Å². The molecule has 0 spiro atoms. The lowest BCUT2D eigenvalue weighted by Crippen LogP contribution is -2.38. The van der Waals surface area contributed by atoms with E-state index >= 15 is 0 Å². The monoisotopic (exact) mass is 224 g/mol. The number of aromatic nitrogens is 1. The summed E-state index contributed by atoms with van der Waals surface area (Å²) >= 11 is 6.27. The average molecular weight is 225 g/mol. The third-order valence-corrected chi connectivity index (χ3v) is 3.48. The summed E-state index contributed by atoms with van der Waals surface area (Å²) in [6, 6.07) is 6.46. The summed E-state index contributed by atoms with van der Waals surface area (Å²) in [6.07, 6.45) is 6.73. The molecule has 1 aromatic rings. The number of alkyl halides is 1. The molecule has 0 radical (unpaired) electrons. The fraction of sp³-hybridized carbons (Fsp3) is 0.583. The standard InChI is InChI=1S/C12H17ClN2/c13-11-6-1-2-7-12(11)15-9-10-5-3-4-8-14-10/h3-5,8,11-12,15H,1-2,6-7,9H2. The van der Waals surface area contributed by atoms with Gasteiger partial charge in [-0.2, -0.15) is 0 Å². The Hall–Kier alpha value is -0.600. The number of pyridine rings is 1. The van der Waals surface area contributed by atoms with Gasteiger partial charge in [0.05, 0.1) is 5.69 Å². The number of nitrogens with zero attached hydrogens (tertiary/aromatic N) is 1. The van der Waals surface area contributed by atoms with Gasteiger partial charge in [0.1, 0.15) is 0 Å². The largest absolute Gasteiger partial charge is 0.307 e. The normalized spacial score (nSPS) is 26.5. The van der Waals surface area contributed by atoms with E-state index in [2.05, 4.69) is 10.3 Å². The van der Waals surface area contributed by atoms with E-state index < -0.39 is 0 Å². The molecule has 1 heterocycles. The Morgan fingerprint density at radius 2 is 2.20 bits per heavy atom. The van der Waals surface area contributed by atoms with Crippen molar-refractivity contribution in [1.29, 1.82) is 0 Å². The summed E-state index contributed by atoms with van der Waals surface area (Å²) in [5.41, 5.74) is 1.09. The minimum atomic E-state index is 0.294. The van der Waals surface area contributed by atoms with Gasteiger partial charge in [-0.25, -0.2) is 0 Å². The first-order chi connectivity index (χ1) is 7.36. The molecule has 2 nitrogen and oxygen atoms in total. The Morgan fingerprint density at radius 3 is 2.93 bits per heavy atom. The van der Waals surface area contributed by atoms with Crippen LogP contribution >= 0.6 is 11.6 Å². The molecule has 1 saturated carbocycles. The van der Waals surface area contributed by atoms with Crippen molar-refractivity contribution in [3.8, 4) is 0 Å².